The number of halogens is 1. The van der Waals surface area contributed by atoms with Crippen LogP contribution in [-0.2, 0) is 0 Å². The first-order valence-corrected chi connectivity index (χ1v) is 11.9. The first kappa shape index (κ1) is 22.1. The van der Waals surface area contributed by atoms with Crippen LogP contribution in [0.15, 0.2) is 47.2 Å². The molecule has 0 aliphatic carbocycles. The zero-order chi connectivity index (χ0) is 20.8. The van der Waals surface area contributed by atoms with E-state index in [2.05, 4.69) is 87.7 Å². The Hall–Kier alpha value is -1.62. The monoisotopic (exact) mass is 458 g/mol. The van der Waals surface area contributed by atoms with Crippen molar-refractivity contribution in [2.24, 2.45) is 0 Å². The van der Waals surface area contributed by atoms with Crippen LogP contribution in [0.5, 0.6) is 0 Å². The van der Waals surface area contributed by atoms with Crippen molar-refractivity contribution in [2.45, 2.75) is 90.4 Å². The number of piperidine rings is 2. The molecule has 158 valence electrons. The quantitative estimate of drug-likeness (QED) is 0.516. The van der Waals surface area contributed by atoms with Gasteiger partial charge in [0, 0.05) is 41.0 Å². The van der Waals surface area contributed by atoms with Crippen LogP contribution < -0.4 is 9.80 Å². The number of nitrogens with zero attached hydrogens (tertiary/aromatic N) is 4. The minimum absolute atomic E-state index is 0.613. The van der Waals surface area contributed by atoms with E-state index in [0.29, 0.717) is 24.2 Å². The molecule has 2 aromatic rings. The Labute approximate surface area is 184 Å². The van der Waals surface area contributed by atoms with Crippen molar-refractivity contribution < 1.29 is 0 Å². The van der Waals surface area contributed by atoms with Gasteiger partial charge in [0.15, 0.2) is 0 Å². The number of hydrogen-bond acceptors (Lipinski definition) is 4. The van der Waals surface area contributed by atoms with Crippen molar-refractivity contribution in [1.82, 2.24) is 9.97 Å². The Morgan fingerprint density at radius 3 is 1.66 bits per heavy atom. The lowest BCUT2D eigenvalue weighted by molar-refractivity contribution is 0.411. The molecule has 29 heavy (non-hydrogen) atoms. The molecule has 0 radical (unpaired) electrons. The topological polar surface area (TPSA) is 32.3 Å². The maximum atomic E-state index is 4.48. The largest absolute Gasteiger partial charge is 0.351 e. The first-order valence-electron chi connectivity index (χ1n) is 11.1. The molecule has 0 N–H and O–H groups in total. The fraction of sp³-hybridized carbons (Fsp3) is 0.583. The van der Waals surface area contributed by atoms with Crippen molar-refractivity contribution in [3.63, 3.8) is 0 Å². The van der Waals surface area contributed by atoms with Gasteiger partial charge in [0.25, 0.3) is 0 Å². The average molecular weight is 459 g/mol. The molecular formula is C24H35BrN4. The molecule has 0 aromatic carbocycles. The molecule has 2 fully saturated rings. The summed E-state index contributed by atoms with van der Waals surface area (Å²) in [5.41, 5.74) is 0. The van der Waals surface area contributed by atoms with Crippen LogP contribution in [0.3, 0.4) is 0 Å². The molecule has 2 aliphatic rings. The molecule has 5 heteroatoms. The lowest BCUT2D eigenvalue weighted by atomic mass is 9.97. The normalized spacial score (nSPS) is 27.2. The SMILES string of the molecule is C[C@@H]1CCC[C@H](C)N1c1ccc(Br)cn1.C[C@@H]1CCC[C@H](C)N1c1ccccn1. The highest BCUT2D eigenvalue weighted by atomic mass is 79.9. The molecule has 0 saturated carbocycles. The van der Waals surface area contributed by atoms with E-state index in [1.54, 1.807) is 0 Å². The van der Waals surface area contributed by atoms with Gasteiger partial charge in [0.05, 0.1) is 0 Å². The van der Waals surface area contributed by atoms with Gasteiger partial charge < -0.3 is 9.80 Å². The lowest BCUT2D eigenvalue weighted by Crippen LogP contribution is -2.44. The van der Waals surface area contributed by atoms with Crippen molar-refractivity contribution in [1.29, 1.82) is 0 Å². The van der Waals surface area contributed by atoms with Crippen LogP contribution >= 0.6 is 15.9 Å². The van der Waals surface area contributed by atoms with E-state index in [-0.39, 0.29) is 0 Å². The van der Waals surface area contributed by atoms with Crippen molar-refractivity contribution in [3.8, 4) is 0 Å². The van der Waals surface area contributed by atoms with Gasteiger partial charge in [-0.25, -0.2) is 9.97 Å². The smallest absolute Gasteiger partial charge is 0.129 e. The Morgan fingerprint density at radius 1 is 0.724 bits per heavy atom. The summed E-state index contributed by atoms with van der Waals surface area (Å²) in [4.78, 5) is 13.8. The summed E-state index contributed by atoms with van der Waals surface area (Å²) in [6.45, 7) is 9.17. The van der Waals surface area contributed by atoms with Gasteiger partial charge in [-0.3, -0.25) is 0 Å². The van der Waals surface area contributed by atoms with E-state index in [9.17, 15) is 0 Å². The summed E-state index contributed by atoms with van der Waals surface area (Å²) < 4.78 is 1.04. The van der Waals surface area contributed by atoms with E-state index < -0.39 is 0 Å². The molecule has 4 atom stereocenters. The number of aromatic nitrogens is 2. The zero-order valence-electron chi connectivity index (χ0n) is 18.3. The van der Waals surface area contributed by atoms with Crippen LogP contribution in [-0.4, -0.2) is 34.1 Å². The van der Waals surface area contributed by atoms with Crippen LogP contribution in [0.1, 0.15) is 66.2 Å². The third kappa shape index (κ3) is 5.71. The summed E-state index contributed by atoms with van der Waals surface area (Å²) in [5, 5.41) is 0. The van der Waals surface area contributed by atoms with Gasteiger partial charge in [0.1, 0.15) is 11.6 Å². The predicted octanol–water partition coefficient (Wildman–Crippen LogP) is 6.46. The number of anilines is 2. The van der Waals surface area contributed by atoms with Crippen LogP contribution in [0.2, 0.25) is 0 Å². The lowest BCUT2D eigenvalue weighted by Gasteiger charge is -2.40. The standard InChI is InChI=1S/C12H17BrN2.C12H18N2/c1-9-4-3-5-10(2)15(9)12-7-6-11(13)8-14-12;1-10-6-5-7-11(2)14(10)12-8-3-4-9-13-12/h6-10H,3-5H2,1-2H3;3-4,8-11H,5-7H2,1-2H3/t9-,10+;10-,11+. The summed E-state index contributed by atoms with van der Waals surface area (Å²) in [6.07, 6.45) is 11.6. The van der Waals surface area contributed by atoms with E-state index >= 15 is 0 Å². The molecule has 0 unspecified atom stereocenters. The summed E-state index contributed by atoms with van der Waals surface area (Å²) in [7, 11) is 0. The highest BCUT2D eigenvalue weighted by Gasteiger charge is 2.26. The molecule has 0 spiro atoms. The molecule has 2 saturated heterocycles. The summed E-state index contributed by atoms with van der Waals surface area (Å²) in [5.74, 6) is 2.24. The van der Waals surface area contributed by atoms with Gasteiger partial charge >= 0.3 is 0 Å². The Morgan fingerprint density at radius 2 is 1.24 bits per heavy atom. The fourth-order valence-electron chi connectivity index (χ4n) is 4.77. The second-order valence-corrected chi connectivity index (χ2v) is 9.51. The van der Waals surface area contributed by atoms with Crippen LogP contribution in [0.25, 0.3) is 0 Å². The van der Waals surface area contributed by atoms with Gasteiger partial charge in [-0.15, -0.1) is 0 Å². The van der Waals surface area contributed by atoms with Crippen molar-refractivity contribution >= 4 is 27.6 Å². The molecule has 4 nitrogen and oxygen atoms in total. The van der Waals surface area contributed by atoms with E-state index in [1.807, 2.05) is 18.5 Å². The first-order chi connectivity index (χ1) is 14.0. The van der Waals surface area contributed by atoms with E-state index in [0.717, 1.165) is 16.1 Å². The highest BCUT2D eigenvalue weighted by Crippen LogP contribution is 2.28. The third-order valence-electron chi connectivity index (χ3n) is 6.28. The molecule has 2 aliphatic heterocycles. The molecule has 4 heterocycles. The van der Waals surface area contributed by atoms with Gasteiger partial charge in [-0.2, -0.15) is 0 Å². The number of rotatable bonds is 2. The van der Waals surface area contributed by atoms with Gasteiger partial charge in [-0.1, -0.05) is 6.07 Å². The molecule has 2 aromatic heterocycles. The third-order valence-corrected chi connectivity index (χ3v) is 6.75. The zero-order valence-corrected chi connectivity index (χ0v) is 19.8. The van der Waals surface area contributed by atoms with Gasteiger partial charge in [0.2, 0.25) is 0 Å². The predicted molar refractivity (Wildman–Crippen MR) is 127 cm³/mol. The maximum absolute atomic E-state index is 4.48. The summed E-state index contributed by atoms with van der Waals surface area (Å²) >= 11 is 3.42. The second-order valence-electron chi connectivity index (χ2n) is 8.59. The highest BCUT2D eigenvalue weighted by molar-refractivity contribution is 9.10. The van der Waals surface area contributed by atoms with Crippen molar-refractivity contribution in [2.75, 3.05) is 9.80 Å². The van der Waals surface area contributed by atoms with E-state index in [4.69, 9.17) is 0 Å². The van der Waals surface area contributed by atoms with E-state index in [1.165, 1.54) is 38.5 Å². The molecule has 0 bridgehead atoms. The second kappa shape index (κ2) is 10.4. The summed E-state index contributed by atoms with van der Waals surface area (Å²) in [6, 6.07) is 12.8. The number of pyridine rings is 2. The molecule has 4 rings (SSSR count). The Kier molecular flexibility index (Phi) is 7.93. The van der Waals surface area contributed by atoms with Crippen molar-refractivity contribution in [3.05, 3.63) is 47.2 Å². The Bertz CT molecular complexity index is 716. The average Bonchev–Trinajstić information content (AvgIpc) is 2.70. The number of hydrogen-bond donors (Lipinski definition) is 0. The van der Waals surface area contributed by atoms with Gasteiger partial charge in [-0.05, 0) is 106 Å². The minimum Gasteiger partial charge on any atom is -0.351 e. The maximum Gasteiger partial charge on any atom is 0.129 e. The Balaban J connectivity index is 0.000000166. The van der Waals surface area contributed by atoms with Crippen LogP contribution in [0, 0.1) is 0 Å². The molecular weight excluding hydrogens is 424 g/mol. The molecule has 0 amide bonds. The van der Waals surface area contributed by atoms with Crippen LogP contribution in [0.4, 0.5) is 11.6 Å². The fourth-order valence-corrected chi connectivity index (χ4v) is 5.01. The minimum atomic E-state index is 0.613.